The van der Waals surface area contributed by atoms with E-state index in [1.54, 1.807) is 12.8 Å². The molecule has 0 spiro atoms. The van der Waals surface area contributed by atoms with E-state index in [1.165, 1.54) is 18.2 Å². The molecule has 15 heavy (non-hydrogen) atoms. The van der Waals surface area contributed by atoms with Gasteiger partial charge in [0.05, 0.1) is 0 Å². The SMILES string of the molecule is CC1(C)C(CBr)C1(C)C1CC2CCC1C2. The minimum atomic E-state index is 0.589. The third-order valence-corrected chi connectivity index (χ3v) is 7.21. The van der Waals surface area contributed by atoms with Crippen LogP contribution >= 0.6 is 15.9 Å². The fourth-order valence-electron chi connectivity index (χ4n) is 5.21. The van der Waals surface area contributed by atoms with Crippen LogP contribution in [0.25, 0.3) is 0 Å². The maximum Gasteiger partial charge on any atom is 0.00704 e. The number of hydrogen-bond donors (Lipinski definition) is 0. The summed E-state index contributed by atoms with van der Waals surface area (Å²) < 4.78 is 0. The zero-order valence-corrected chi connectivity index (χ0v) is 11.8. The predicted octanol–water partition coefficient (Wildman–Crippen LogP) is 4.48. The second-order valence-electron chi connectivity index (χ2n) is 6.99. The zero-order chi connectivity index (χ0) is 10.8. The van der Waals surface area contributed by atoms with Gasteiger partial charge in [-0.15, -0.1) is 0 Å². The van der Waals surface area contributed by atoms with Gasteiger partial charge in [0.15, 0.2) is 0 Å². The first kappa shape index (κ1) is 10.6. The Morgan fingerprint density at radius 1 is 1.13 bits per heavy atom. The minimum Gasteiger partial charge on any atom is -0.0925 e. The van der Waals surface area contributed by atoms with E-state index >= 15 is 0 Å². The van der Waals surface area contributed by atoms with E-state index in [0.29, 0.717) is 10.8 Å². The van der Waals surface area contributed by atoms with Gasteiger partial charge in [0, 0.05) is 5.33 Å². The van der Waals surface area contributed by atoms with Gasteiger partial charge in [0.2, 0.25) is 0 Å². The molecule has 0 aliphatic heterocycles. The van der Waals surface area contributed by atoms with E-state index < -0.39 is 0 Å². The van der Waals surface area contributed by atoms with Crippen molar-refractivity contribution >= 4 is 15.9 Å². The molecule has 0 radical (unpaired) electrons. The van der Waals surface area contributed by atoms with Crippen molar-refractivity contribution in [2.45, 2.75) is 46.5 Å². The summed E-state index contributed by atoms with van der Waals surface area (Å²) in [5.41, 5.74) is 1.24. The molecular weight excluding hydrogens is 248 g/mol. The third kappa shape index (κ3) is 1.14. The normalized spacial score (nSPS) is 56.0. The van der Waals surface area contributed by atoms with E-state index in [-0.39, 0.29) is 0 Å². The molecule has 1 heteroatoms. The van der Waals surface area contributed by atoms with Crippen molar-refractivity contribution in [3.63, 3.8) is 0 Å². The van der Waals surface area contributed by atoms with Gasteiger partial charge in [-0.25, -0.2) is 0 Å². The lowest BCUT2D eigenvalue weighted by atomic mass is 9.74. The van der Waals surface area contributed by atoms with Crippen molar-refractivity contribution in [3.8, 4) is 0 Å². The molecule has 3 fully saturated rings. The highest BCUT2D eigenvalue weighted by Gasteiger charge is 2.71. The highest BCUT2D eigenvalue weighted by Crippen LogP contribution is 2.77. The summed E-state index contributed by atoms with van der Waals surface area (Å²) >= 11 is 3.73. The van der Waals surface area contributed by atoms with E-state index in [2.05, 4.69) is 36.7 Å². The first-order valence-electron chi connectivity index (χ1n) is 6.57. The van der Waals surface area contributed by atoms with E-state index in [0.717, 1.165) is 23.7 Å². The molecule has 2 bridgehead atoms. The van der Waals surface area contributed by atoms with Crippen LogP contribution in [0.15, 0.2) is 0 Å². The molecule has 5 atom stereocenters. The molecule has 3 aliphatic rings. The molecule has 0 aromatic carbocycles. The topological polar surface area (TPSA) is 0 Å². The van der Waals surface area contributed by atoms with Crippen LogP contribution in [0.5, 0.6) is 0 Å². The quantitative estimate of drug-likeness (QED) is 0.649. The van der Waals surface area contributed by atoms with Gasteiger partial charge in [0.25, 0.3) is 0 Å². The maximum absolute atomic E-state index is 3.73. The van der Waals surface area contributed by atoms with Crippen LogP contribution in [-0.4, -0.2) is 5.33 Å². The van der Waals surface area contributed by atoms with Crippen molar-refractivity contribution in [3.05, 3.63) is 0 Å². The number of halogens is 1. The predicted molar refractivity (Wildman–Crippen MR) is 68.1 cm³/mol. The van der Waals surface area contributed by atoms with Gasteiger partial charge in [-0.05, 0) is 53.8 Å². The minimum absolute atomic E-state index is 0.589. The fraction of sp³-hybridized carbons (Fsp3) is 1.00. The summed E-state index contributed by atoms with van der Waals surface area (Å²) in [7, 11) is 0. The summed E-state index contributed by atoms with van der Waals surface area (Å²) in [5.74, 6) is 4.16. The van der Waals surface area contributed by atoms with E-state index in [9.17, 15) is 0 Å². The Kier molecular flexibility index (Phi) is 2.14. The monoisotopic (exact) mass is 270 g/mol. The molecule has 0 aromatic heterocycles. The Hall–Kier alpha value is 0.480. The van der Waals surface area contributed by atoms with Crippen molar-refractivity contribution in [2.75, 3.05) is 5.33 Å². The highest BCUT2D eigenvalue weighted by molar-refractivity contribution is 9.09. The molecule has 3 saturated carbocycles. The molecule has 86 valence electrons. The van der Waals surface area contributed by atoms with Gasteiger partial charge < -0.3 is 0 Å². The van der Waals surface area contributed by atoms with Crippen LogP contribution in [0.2, 0.25) is 0 Å². The number of hydrogen-bond acceptors (Lipinski definition) is 0. The van der Waals surface area contributed by atoms with Crippen molar-refractivity contribution in [1.82, 2.24) is 0 Å². The van der Waals surface area contributed by atoms with Crippen LogP contribution in [-0.2, 0) is 0 Å². The number of alkyl halides is 1. The smallest absolute Gasteiger partial charge is 0.00704 e. The molecule has 0 heterocycles. The second-order valence-corrected chi connectivity index (χ2v) is 7.64. The van der Waals surface area contributed by atoms with Crippen LogP contribution in [0.1, 0.15) is 46.5 Å². The van der Waals surface area contributed by atoms with Gasteiger partial charge in [0.1, 0.15) is 0 Å². The number of fused-ring (bicyclic) bond motifs is 2. The summed E-state index contributed by atoms with van der Waals surface area (Å²) in [6.07, 6.45) is 6.19. The van der Waals surface area contributed by atoms with Crippen LogP contribution in [0.3, 0.4) is 0 Å². The first-order valence-corrected chi connectivity index (χ1v) is 7.70. The molecule has 0 saturated heterocycles. The zero-order valence-electron chi connectivity index (χ0n) is 10.2. The lowest BCUT2D eigenvalue weighted by Gasteiger charge is -2.31. The summed E-state index contributed by atoms with van der Waals surface area (Å²) in [6, 6.07) is 0. The van der Waals surface area contributed by atoms with E-state index in [1.807, 2.05) is 0 Å². The molecule has 0 nitrogen and oxygen atoms in total. The maximum atomic E-state index is 3.73. The first-order chi connectivity index (χ1) is 7.01. The van der Waals surface area contributed by atoms with Crippen molar-refractivity contribution < 1.29 is 0 Å². The molecule has 0 amide bonds. The Balaban J connectivity index is 1.84. The molecule has 5 unspecified atom stereocenters. The van der Waals surface area contributed by atoms with Gasteiger partial charge in [-0.1, -0.05) is 43.1 Å². The van der Waals surface area contributed by atoms with Crippen molar-refractivity contribution in [2.24, 2.45) is 34.5 Å². The van der Waals surface area contributed by atoms with Crippen molar-refractivity contribution in [1.29, 1.82) is 0 Å². The van der Waals surface area contributed by atoms with E-state index in [4.69, 9.17) is 0 Å². The average molecular weight is 271 g/mol. The Labute approximate surface area is 102 Å². The third-order valence-electron chi connectivity index (χ3n) is 6.56. The highest BCUT2D eigenvalue weighted by atomic mass is 79.9. The Morgan fingerprint density at radius 2 is 1.87 bits per heavy atom. The van der Waals surface area contributed by atoms with Gasteiger partial charge in [-0.2, -0.15) is 0 Å². The van der Waals surface area contributed by atoms with Crippen LogP contribution in [0.4, 0.5) is 0 Å². The Morgan fingerprint density at radius 3 is 2.27 bits per heavy atom. The molecule has 3 aliphatic carbocycles. The molecular formula is C14H23Br. The van der Waals surface area contributed by atoms with Gasteiger partial charge in [-0.3, -0.25) is 0 Å². The molecule has 0 N–H and O–H groups in total. The lowest BCUT2D eigenvalue weighted by Crippen LogP contribution is -2.24. The number of rotatable bonds is 2. The Bertz CT molecular complexity index is 283. The van der Waals surface area contributed by atoms with Gasteiger partial charge >= 0.3 is 0 Å². The largest absolute Gasteiger partial charge is 0.0925 e. The molecule has 0 aromatic rings. The fourth-order valence-corrected chi connectivity index (χ4v) is 6.69. The second kappa shape index (κ2) is 3.03. The lowest BCUT2D eigenvalue weighted by molar-refractivity contribution is 0.179. The summed E-state index contributed by atoms with van der Waals surface area (Å²) in [5, 5.41) is 1.21. The van der Waals surface area contributed by atoms with Crippen LogP contribution < -0.4 is 0 Å². The summed E-state index contributed by atoms with van der Waals surface area (Å²) in [6.45, 7) is 7.56. The standard InChI is InChI=1S/C14H23Br/c1-13(2)12(8-15)14(13,3)11-7-9-4-5-10(11)6-9/h9-12H,4-8H2,1-3H3. The average Bonchev–Trinajstić information content (AvgIpc) is 2.68. The summed E-state index contributed by atoms with van der Waals surface area (Å²) in [4.78, 5) is 0. The molecule has 3 rings (SSSR count). The van der Waals surface area contributed by atoms with Crippen LogP contribution in [0, 0.1) is 34.5 Å².